The summed E-state index contributed by atoms with van der Waals surface area (Å²) >= 11 is 0. The molecule has 1 atom stereocenters. The number of benzene rings is 2. The van der Waals surface area contributed by atoms with Crippen LogP contribution in [-0.4, -0.2) is 34.9 Å². The Kier molecular flexibility index (Phi) is 4.64. The van der Waals surface area contributed by atoms with Gasteiger partial charge in [0.1, 0.15) is 25.7 Å². The predicted octanol–water partition coefficient (Wildman–Crippen LogP) is 1.71. The molecule has 1 heterocycles. The zero-order valence-corrected chi connectivity index (χ0v) is 16.8. The summed E-state index contributed by atoms with van der Waals surface area (Å²) in [6.45, 7) is 5.61. The Morgan fingerprint density at radius 1 is 0.929 bits per heavy atom. The van der Waals surface area contributed by atoms with Gasteiger partial charge in [-0.25, -0.2) is 0 Å². The van der Waals surface area contributed by atoms with Crippen molar-refractivity contribution in [1.29, 1.82) is 0 Å². The van der Waals surface area contributed by atoms with E-state index in [1.54, 1.807) is 5.57 Å². The largest absolute Gasteiger partial charge is 0.260 e. The average Bonchev–Trinajstić information content (AvgIpc) is 3.22. The first-order chi connectivity index (χ1) is 13.8. The van der Waals surface area contributed by atoms with Crippen LogP contribution in [0.15, 0.2) is 42.5 Å². The standard InChI is InChI=1S/C26H29N2/c1-20(24-15-7-11-22-9-3-5-14-26(22)24)28-17-16-27(19-28)18-23-12-6-10-21-8-2-4-13-25(21)23/h3,5-6,8-14,19-20H,2,4,7,15-18H2,1H3/q+1. The molecular formula is C26H29N2+. The van der Waals surface area contributed by atoms with Gasteiger partial charge < -0.3 is 0 Å². The van der Waals surface area contributed by atoms with Crippen LogP contribution in [0.1, 0.15) is 38.2 Å². The summed E-state index contributed by atoms with van der Waals surface area (Å²) in [4.78, 5) is 2.54. The Balaban J connectivity index is 1.43. The van der Waals surface area contributed by atoms with Crippen LogP contribution in [-0.2, 0) is 6.54 Å². The van der Waals surface area contributed by atoms with Gasteiger partial charge in [-0.2, -0.15) is 0 Å². The molecule has 0 bridgehead atoms. The minimum atomic E-state index is 0.462. The maximum atomic E-state index is 2.54. The van der Waals surface area contributed by atoms with E-state index in [0.29, 0.717) is 6.04 Å². The fraction of sp³-hybridized carbons (Fsp3) is 0.346. The Morgan fingerprint density at radius 2 is 1.75 bits per heavy atom. The van der Waals surface area contributed by atoms with Gasteiger partial charge in [0.05, 0.1) is 0 Å². The highest BCUT2D eigenvalue weighted by atomic mass is 15.3. The molecular weight excluding hydrogens is 340 g/mol. The van der Waals surface area contributed by atoms with Crippen LogP contribution in [0, 0.1) is 0 Å². The van der Waals surface area contributed by atoms with Gasteiger partial charge in [0, 0.05) is 5.56 Å². The molecule has 0 aromatic heterocycles. The summed E-state index contributed by atoms with van der Waals surface area (Å²) in [7, 11) is 0. The van der Waals surface area contributed by atoms with E-state index in [1.165, 1.54) is 45.7 Å². The molecule has 1 unspecified atom stereocenters. The Bertz CT molecular complexity index is 1170. The van der Waals surface area contributed by atoms with Gasteiger partial charge in [-0.05, 0) is 59.1 Å². The molecule has 2 nitrogen and oxygen atoms in total. The second-order valence-corrected chi connectivity index (χ2v) is 8.26. The number of nitrogens with zero attached hydrogens (tertiary/aromatic N) is 2. The predicted molar refractivity (Wildman–Crippen MR) is 118 cm³/mol. The van der Waals surface area contributed by atoms with E-state index in [0.717, 1.165) is 26.1 Å². The molecule has 3 aliphatic rings. The van der Waals surface area contributed by atoms with E-state index in [1.807, 2.05) is 0 Å². The quantitative estimate of drug-likeness (QED) is 0.744. The number of hydrogen-bond donors (Lipinski definition) is 0. The molecule has 2 aromatic carbocycles. The van der Waals surface area contributed by atoms with E-state index in [-0.39, 0.29) is 0 Å². The van der Waals surface area contributed by atoms with Crippen LogP contribution in [0.25, 0.3) is 23.8 Å². The lowest BCUT2D eigenvalue weighted by atomic mass is 9.94. The summed E-state index contributed by atoms with van der Waals surface area (Å²) in [6.07, 6.45) is 14.3. The molecule has 0 fully saturated rings. The van der Waals surface area contributed by atoms with E-state index in [2.05, 4.69) is 83.4 Å². The van der Waals surface area contributed by atoms with Crippen molar-refractivity contribution in [2.75, 3.05) is 13.1 Å². The van der Waals surface area contributed by atoms with E-state index < -0.39 is 0 Å². The Hall–Kier alpha value is -2.61. The van der Waals surface area contributed by atoms with Crippen molar-refractivity contribution in [3.63, 3.8) is 0 Å². The zero-order valence-electron chi connectivity index (χ0n) is 16.8. The molecule has 2 aliphatic carbocycles. The van der Waals surface area contributed by atoms with Crippen molar-refractivity contribution in [2.24, 2.45) is 0 Å². The third kappa shape index (κ3) is 3.22. The molecule has 28 heavy (non-hydrogen) atoms. The van der Waals surface area contributed by atoms with Gasteiger partial charge in [0.15, 0.2) is 0 Å². The van der Waals surface area contributed by atoms with Crippen LogP contribution in [0.5, 0.6) is 0 Å². The first-order valence-electron chi connectivity index (χ1n) is 10.7. The van der Waals surface area contributed by atoms with E-state index >= 15 is 0 Å². The molecule has 0 radical (unpaired) electrons. The minimum absolute atomic E-state index is 0.462. The van der Waals surface area contributed by atoms with Crippen molar-refractivity contribution in [2.45, 2.75) is 45.2 Å². The van der Waals surface area contributed by atoms with Gasteiger partial charge in [-0.3, -0.25) is 9.48 Å². The number of rotatable bonds is 4. The maximum absolute atomic E-state index is 2.54. The Morgan fingerprint density at radius 3 is 2.71 bits per heavy atom. The third-order valence-corrected chi connectivity index (χ3v) is 6.53. The highest BCUT2D eigenvalue weighted by molar-refractivity contribution is 5.61. The first kappa shape index (κ1) is 17.5. The Labute approximate surface area is 167 Å². The lowest BCUT2D eigenvalue weighted by Crippen LogP contribution is -2.39. The second kappa shape index (κ2) is 7.43. The summed E-state index contributed by atoms with van der Waals surface area (Å²) in [5.41, 5.74) is 3.06. The van der Waals surface area contributed by atoms with Crippen molar-refractivity contribution in [3.8, 4) is 0 Å². The average molecular weight is 370 g/mol. The van der Waals surface area contributed by atoms with Crippen molar-refractivity contribution >= 4 is 30.1 Å². The first-order valence-corrected chi connectivity index (χ1v) is 10.7. The SMILES string of the molecule is CC(C1=c2ccccc2=CCC1)N1C=[N+](Cc2cccc3c2=CCCC=3)CC1. The zero-order chi connectivity index (χ0) is 18.9. The second-order valence-electron chi connectivity index (χ2n) is 8.26. The molecule has 0 spiro atoms. The molecule has 0 N–H and O–H groups in total. The highest BCUT2D eigenvalue weighted by Crippen LogP contribution is 2.18. The van der Waals surface area contributed by atoms with Crippen molar-refractivity contribution in [3.05, 3.63) is 68.9 Å². The van der Waals surface area contributed by atoms with Gasteiger partial charge in [0.2, 0.25) is 6.34 Å². The summed E-state index contributed by atoms with van der Waals surface area (Å²) in [6, 6.07) is 16.1. The molecule has 0 saturated heterocycles. The van der Waals surface area contributed by atoms with Gasteiger partial charge in [0.25, 0.3) is 0 Å². The molecule has 5 rings (SSSR count). The molecule has 0 saturated carbocycles. The van der Waals surface area contributed by atoms with Crippen LogP contribution >= 0.6 is 0 Å². The molecule has 1 aliphatic heterocycles. The summed E-state index contributed by atoms with van der Waals surface area (Å²) < 4.78 is 2.50. The maximum Gasteiger partial charge on any atom is 0.235 e. The fourth-order valence-electron chi connectivity index (χ4n) is 4.99. The summed E-state index contributed by atoms with van der Waals surface area (Å²) in [5, 5.41) is 5.74. The minimum Gasteiger partial charge on any atom is -0.260 e. The monoisotopic (exact) mass is 369 g/mol. The van der Waals surface area contributed by atoms with Crippen LogP contribution in [0.4, 0.5) is 0 Å². The molecule has 2 heteroatoms. The van der Waals surface area contributed by atoms with Gasteiger partial charge >= 0.3 is 0 Å². The third-order valence-electron chi connectivity index (χ3n) is 6.53. The van der Waals surface area contributed by atoms with E-state index in [9.17, 15) is 0 Å². The highest BCUT2D eigenvalue weighted by Gasteiger charge is 2.28. The fourth-order valence-corrected chi connectivity index (χ4v) is 4.99. The van der Waals surface area contributed by atoms with E-state index in [4.69, 9.17) is 0 Å². The van der Waals surface area contributed by atoms with Crippen molar-refractivity contribution in [1.82, 2.24) is 4.90 Å². The van der Waals surface area contributed by atoms with Crippen molar-refractivity contribution < 1.29 is 4.58 Å². The topological polar surface area (TPSA) is 6.25 Å². The normalized spacial score (nSPS) is 19.0. The molecule has 0 amide bonds. The molecule has 2 aromatic rings. The number of fused-ring (bicyclic) bond motifs is 2. The lowest BCUT2D eigenvalue weighted by molar-refractivity contribution is -0.530. The van der Waals surface area contributed by atoms with Crippen LogP contribution in [0.3, 0.4) is 0 Å². The molecule has 142 valence electrons. The van der Waals surface area contributed by atoms with Gasteiger partial charge in [-0.15, -0.1) is 0 Å². The smallest absolute Gasteiger partial charge is 0.235 e. The number of hydrogen-bond acceptors (Lipinski definition) is 1. The van der Waals surface area contributed by atoms with Crippen LogP contribution < -0.4 is 20.9 Å². The summed E-state index contributed by atoms with van der Waals surface area (Å²) in [5.74, 6) is 0. The van der Waals surface area contributed by atoms with Crippen LogP contribution in [0.2, 0.25) is 0 Å². The van der Waals surface area contributed by atoms with Gasteiger partial charge in [-0.1, -0.05) is 60.7 Å². The lowest BCUT2D eigenvalue weighted by Gasteiger charge is -2.21.